The molecule has 1 aliphatic rings. The first-order valence-corrected chi connectivity index (χ1v) is 9.79. The normalized spacial score (nSPS) is 16.1. The van der Waals surface area contributed by atoms with E-state index in [0.29, 0.717) is 0 Å². The van der Waals surface area contributed by atoms with Crippen molar-refractivity contribution in [3.05, 3.63) is 41.1 Å². The molecule has 0 aromatic carbocycles. The maximum Gasteiger partial charge on any atom is 0.107 e. The second-order valence-corrected chi connectivity index (χ2v) is 8.77. The van der Waals surface area contributed by atoms with Crippen LogP contribution >= 0.6 is 50.2 Å². The van der Waals surface area contributed by atoms with Gasteiger partial charge in [0.25, 0.3) is 0 Å². The molecule has 2 aromatic rings. The van der Waals surface area contributed by atoms with Gasteiger partial charge in [0.05, 0.1) is 6.04 Å². The summed E-state index contributed by atoms with van der Waals surface area (Å²) in [6, 6.07) is 4.84. The molecule has 0 bridgehead atoms. The van der Waals surface area contributed by atoms with Crippen LogP contribution in [0.2, 0.25) is 4.34 Å². The molecule has 2 heterocycles. The molecule has 0 fully saturated rings. The molecule has 1 atom stereocenters. The highest BCUT2D eigenvalue weighted by Gasteiger charge is 2.22. The predicted octanol–water partition coefficient (Wildman–Crippen LogP) is 5.80. The minimum absolute atomic E-state index is 0.282. The molecule has 108 valence electrons. The smallest absolute Gasteiger partial charge is 0.107 e. The number of halogens is 2. The van der Waals surface area contributed by atoms with E-state index in [1.807, 2.05) is 11.3 Å². The van der Waals surface area contributed by atoms with Crippen molar-refractivity contribution in [1.29, 1.82) is 0 Å². The number of hydrogen-bond donors (Lipinski definition) is 1. The molecule has 0 radical (unpaired) electrons. The first-order chi connectivity index (χ1) is 9.69. The molecule has 0 saturated heterocycles. The Hall–Kier alpha value is 0.130. The van der Waals surface area contributed by atoms with Crippen molar-refractivity contribution in [2.75, 3.05) is 6.54 Å². The van der Waals surface area contributed by atoms with Crippen LogP contribution in [0.5, 0.6) is 0 Å². The summed E-state index contributed by atoms with van der Waals surface area (Å²) in [5.74, 6) is 0. The van der Waals surface area contributed by atoms with Gasteiger partial charge in [-0.25, -0.2) is 0 Å². The quantitative estimate of drug-likeness (QED) is 0.695. The number of fused-ring (bicyclic) bond motifs is 1. The Labute approximate surface area is 141 Å². The van der Waals surface area contributed by atoms with E-state index >= 15 is 0 Å². The summed E-state index contributed by atoms with van der Waals surface area (Å²) in [5, 5.41) is 3.61. The van der Waals surface area contributed by atoms with Crippen molar-refractivity contribution in [2.45, 2.75) is 38.6 Å². The zero-order valence-corrected chi connectivity index (χ0v) is 15.3. The minimum Gasteiger partial charge on any atom is -0.305 e. The first-order valence-electron chi connectivity index (χ1n) is 6.98. The van der Waals surface area contributed by atoms with Gasteiger partial charge in [0, 0.05) is 19.1 Å². The Balaban J connectivity index is 1.95. The van der Waals surface area contributed by atoms with Gasteiger partial charge in [0.15, 0.2) is 0 Å². The summed E-state index contributed by atoms with van der Waals surface area (Å²) in [5.41, 5.74) is 1.57. The van der Waals surface area contributed by atoms with Crippen molar-refractivity contribution in [3.63, 3.8) is 0 Å². The van der Waals surface area contributed by atoms with Gasteiger partial charge in [-0.3, -0.25) is 0 Å². The fourth-order valence-electron chi connectivity index (χ4n) is 2.71. The minimum atomic E-state index is 0.282. The molecule has 5 heteroatoms. The lowest BCUT2D eigenvalue weighted by Gasteiger charge is -2.14. The monoisotopic (exact) mass is 389 g/mol. The highest BCUT2D eigenvalue weighted by Crippen LogP contribution is 2.41. The molecule has 0 saturated carbocycles. The number of hydrogen-bond acceptors (Lipinski definition) is 3. The number of thiophene rings is 2. The van der Waals surface area contributed by atoms with Crippen LogP contribution in [0.15, 0.2) is 16.6 Å². The van der Waals surface area contributed by atoms with Crippen LogP contribution in [0.1, 0.15) is 46.0 Å². The van der Waals surface area contributed by atoms with Crippen LogP contribution in [0, 0.1) is 0 Å². The van der Waals surface area contributed by atoms with E-state index in [1.54, 1.807) is 21.8 Å². The van der Waals surface area contributed by atoms with Gasteiger partial charge in [0.2, 0.25) is 0 Å². The molecule has 3 rings (SSSR count). The SMILES string of the molecule is CCNC(c1cc(Br)c(Cl)s1)c1cc2c(s1)CCCC2. The molecule has 0 amide bonds. The van der Waals surface area contributed by atoms with Gasteiger partial charge in [-0.05, 0) is 65.9 Å². The number of nitrogens with one attached hydrogen (secondary N) is 1. The Morgan fingerprint density at radius 3 is 2.65 bits per heavy atom. The molecule has 1 unspecified atom stereocenters. The van der Waals surface area contributed by atoms with E-state index in [1.165, 1.54) is 35.4 Å². The van der Waals surface area contributed by atoms with Gasteiger partial charge >= 0.3 is 0 Å². The van der Waals surface area contributed by atoms with Crippen molar-refractivity contribution >= 4 is 50.2 Å². The molecular weight excluding hydrogens is 374 g/mol. The highest BCUT2D eigenvalue weighted by molar-refractivity contribution is 9.10. The summed E-state index contributed by atoms with van der Waals surface area (Å²) < 4.78 is 1.84. The highest BCUT2D eigenvalue weighted by atomic mass is 79.9. The third-order valence-electron chi connectivity index (χ3n) is 3.66. The second kappa shape index (κ2) is 6.49. The average molecular weight is 391 g/mol. The number of aryl methyl sites for hydroxylation is 2. The maximum absolute atomic E-state index is 6.21. The molecule has 1 aliphatic carbocycles. The van der Waals surface area contributed by atoms with E-state index in [9.17, 15) is 0 Å². The second-order valence-electron chi connectivity index (χ2n) is 5.07. The summed E-state index contributed by atoms with van der Waals surface area (Å²) in [6.45, 7) is 3.12. The van der Waals surface area contributed by atoms with Crippen LogP contribution < -0.4 is 5.32 Å². The lowest BCUT2D eigenvalue weighted by molar-refractivity contribution is 0.647. The molecule has 1 N–H and O–H groups in total. The zero-order chi connectivity index (χ0) is 14.1. The van der Waals surface area contributed by atoms with Gasteiger partial charge in [0.1, 0.15) is 4.34 Å². The lowest BCUT2D eigenvalue weighted by atomic mass is 9.98. The van der Waals surface area contributed by atoms with Gasteiger partial charge in [-0.1, -0.05) is 18.5 Å². The van der Waals surface area contributed by atoms with Crippen LogP contribution in [-0.2, 0) is 12.8 Å². The fourth-order valence-corrected chi connectivity index (χ4v) is 5.97. The molecule has 20 heavy (non-hydrogen) atoms. The molecule has 0 aliphatic heterocycles. The third-order valence-corrected chi connectivity index (χ3v) is 7.50. The molecular formula is C15H17BrClNS2. The Morgan fingerprint density at radius 2 is 2.00 bits per heavy atom. The summed E-state index contributed by atoms with van der Waals surface area (Å²) in [4.78, 5) is 4.32. The van der Waals surface area contributed by atoms with E-state index in [4.69, 9.17) is 11.6 Å². The van der Waals surface area contributed by atoms with Gasteiger partial charge in [-0.15, -0.1) is 22.7 Å². The molecule has 2 aromatic heterocycles. The van der Waals surface area contributed by atoms with E-state index in [-0.39, 0.29) is 6.04 Å². The predicted molar refractivity (Wildman–Crippen MR) is 93.5 cm³/mol. The summed E-state index contributed by atoms with van der Waals surface area (Å²) in [7, 11) is 0. The van der Waals surface area contributed by atoms with Crippen molar-refractivity contribution in [2.24, 2.45) is 0 Å². The first kappa shape index (κ1) is 15.0. The Kier molecular flexibility index (Phi) is 4.88. The Bertz CT molecular complexity index is 562. The lowest BCUT2D eigenvalue weighted by Crippen LogP contribution is -2.20. The van der Waals surface area contributed by atoms with Gasteiger partial charge < -0.3 is 5.32 Å². The van der Waals surface area contributed by atoms with Crippen LogP contribution in [0.4, 0.5) is 0 Å². The van der Waals surface area contributed by atoms with Crippen LogP contribution in [-0.4, -0.2) is 6.54 Å². The maximum atomic E-state index is 6.21. The summed E-state index contributed by atoms with van der Waals surface area (Å²) in [6.07, 6.45) is 5.19. The van der Waals surface area contributed by atoms with Crippen molar-refractivity contribution in [1.82, 2.24) is 5.32 Å². The van der Waals surface area contributed by atoms with Crippen LogP contribution in [0.3, 0.4) is 0 Å². The number of rotatable bonds is 4. The molecule has 1 nitrogen and oxygen atoms in total. The van der Waals surface area contributed by atoms with E-state index < -0.39 is 0 Å². The largest absolute Gasteiger partial charge is 0.305 e. The average Bonchev–Trinajstić information content (AvgIpc) is 3.00. The third kappa shape index (κ3) is 3.00. The standard InChI is InChI=1S/C15H17BrClNS2/c1-2-18-14(13-8-10(16)15(17)20-13)12-7-9-5-3-4-6-11(9)19-12/h7-8,14,18H,2-6H2,1H3. The molecule has 0 spiro atoms. The summed E-state index contributed by atoms with van der Waals surface area (Å²) >= 11 is 13.4. The van der Waals surface area contributed by atoms with Crippen molar-refractivity contribution in [3.8, 4) is 0 Å². The van der Waals surface area contributed by atoms with E-state index in [0.717, 1.165) is 15.4 Å². The van der Waals surface area contributed by atoms with Crippen LogP contribution in [0.25, 0.3) is 0 Å². The topological polar surface area (TPSA) is 12.0 Å². The zero-order valence-electron chi connectivity index (χ0n) is 11.3. The Morgan fingerprint density at radius 1 is 1.25 bits per heavy atom. The fraction of sp³-hybridized carbons (Fsp3) is 0.467. The van der Waals surface area contributed by atoms with Gasteiger partial charge in [-0.2, -0.15) is 0 Å². The van der Waals surface area contributed by atoms with E-state index in [2.05, 4.69) is 40.3 Å². The van der Waals surface area contributed by atoms with Crippen molar-refractivity contribution < 1.29 is 0 Å².